The van der Waals surface area contributed by atoms with E-state index in [2.05, 4.69) is 92.1 Å². The minimum absolute atomic E-state index is 0.230. The summed E-state index contributed by atoms with van der Waals surface area (Å²) in [5.74, 6) is -0.291. The van der Waals surface area contributed by atoms with Crippen LogP contribution in [0.5, 0.6) is 0 Å². The van der Waals surface area contributed by atoms with Gasteiger partial charge in [-0.05, 0) is 83.5 Å². The summed E-state index contributed by atoms with van der Waals surface area (Å²) in [6, 6.07) is -0.999. The third kappa shape index (κ3) is 35.0. The van der Waals surface area contributed by atoms with Gasteiger partial charge in [-0.2, -0.15) is 0 Å². The highest BCUT2D eigenvalue weighted by Crippen LogP contribution is 2.33. The molecule has 3 aliphatic heterocycles. The van der Waals surface area contributed by atoms with Gasteiger partial charge in [0.05, 0.1) is 38.6 Å². The molecule has 0 aromatic rings. The Kier molecular flexibility index (Phi) is 48.0. The quantitative estimate of drug-likeness (QED) is 0.0199. The number of allylic oxidation sites excluding steroid dienone is 13. The van der Waals surface area contributed by atoms with Gasteiger partial charge in [0.15, 0.2) is 18.9 Å². The van der Waals surface area contributed by atoms with E-state index in [1.54, 1.807) is 6.08 Å². The van der Waals surface area contributed by atoms with Crippen LogP contribution in [0.3, 0.4) is 0 Å². The lowest BCUT2D eigenvalue weighted by molar-refractivity contribution is -0.379. The van der Waals surface area contributed by atoms with Gasteiger partial charge in [-0.1, -0.05) is 227 Å². The molecule has 3 rings (SSSR count). The van der Waals surface area contributed by atoms with Crippen LogP contribution >= 0.6 is 0 Å². The number of aliphatic hydroxyl groups is 11. The number of hydrogen-bond donors (Lipinski definition) is 12. The SMILES string of the molecule is CC/C=C\C/C=C\C/C=C\C/C=C\CCCCCCCCCCCCCCCCCCCCC(=O)NC(COC1OC(CO)C(OC2OC(CO)C(OC3OC(CO)C(O)C(O)C3O)C(O)C2O)C(O)C1O)C(O)/C=C/CC/C=C/CC/C=C/CCCCCCC. The van der Waals surface area contributed by atoms with Crippen molar-refractivity contribution in [2.45, 2.75) is 336 Å². The van der Waals surface area contributed by atoms with E-state index < -0.39 is 124 Å². The third-order valence-electron chi connectivity index (χ3n) is 17.2. The van der Waals surface area contributed by atoms with Gasteiger partial charge in [-0.25, -0.2) is 0 Å². The zero-order chi connectivity index (χ0) is 66.1. The van der Waals surface area contributed by atoms with Crippen molar-refractivity contribution >= 4 is 5.91 Å². The minimum Gasteiger partial charge on any atom is -0.394 e. The summed E-state index contributed by atoms with van der Waals surface area (Å²) in [5, 5.41) is 120. The Hall–Kier alpha value is -3.03. The maximum Gasteiger partial charge on any atom is 0.220 e. The van der Waals surface area contributed by atoms with Crippen molar-refractivity contribution in [3.63, 3.8) is 0 Å². The molecule has 12 N–H and O–H groups in total. The lowest BCUT2D eigenvalue weighted by Gasteiger charge is -2.48. The second-order valence-corrected chi connectivity index (χ2v) is 24.9. The maximum absolute atomic E-state index is 13.4. The fourth-order valence-corrected chi connectivity index (χ4v) is 11.4. The van der Waals surface area contributed by atoms with E-state index in [-0.39, 0.29) is 18.9 Å². The van der Waals surface area contributed by atoms with Crippen LogP contribution in [0.15, 0.2) is 85.1 Å². The van der Waals surface area contributed by atoms with Crippen LogP contribution in [0.25, 0.3) is 0 Å². The molecular formula is C72H125NO18. The molecule has 526 valence electrons. The van der Waals surface area contributed by atoms with Gasteiger partial charge in [-0.15, -0.1) is 0 Å². The lowest BCUT2D eigenvalue weighted by atomic mass is 9.96. The van der Waals surface area contributed by atoms with Gasteiger partial charge in [0.25, 0.3) is 0 Å². The Morgan fingerprint density at radius 2 is 0.769 bits per heavy atom. The van der Waals surface area contributed by atoms with Crippen LogP contribution in [0.1, 0.15) is 232 Å². The van der Waals surface area contributed by atoms with Crippen molar-refractivity contribution in [3.05, 3.63) is 85.1 Å². The van der Waals surface area contributed by atoms with Gasteiger partial charge >= 0.3 is 0 Å². The fourth-order valence-electron chi connectivity index (χ4n) is 11.4. The summed E-state index contributed by atoms with van der Waals surface area (Å²) in [6.07, 6.45) is 41.4. The van der Waals surface area contributed by atoms with Gasteiger partial charge in [-0.3, -0.25) is 4.79 Å². The van der Waals surface area contributed by atoms with Crippen LogP contribution < -0.4 is 5.32 Å². The number of ether oxygens (including phenoxy) is 6. The molecule has 0 radical (unpaired) electrons. The molecule has 17 atom stereocenters. The van der Waals surface area contributed by atoms with E-state index in [9.17, 15) is 61.0 Å². The van der Waals surface area contributed by atoms with E-state index in [0.717, 1.165) is 70.6 Å². The molecule has 3 heterocycles. The number of carbonyl (C=O) groups is 1. The first kappa shape index (κ1) is 82.2. The first-order valence-corrected chi connectivity index (χ1v) is 35.3. The normalized spacial score (nSPS) is 28.4. The monoisotopic (exact) mass is 1290 g/mol. The fraction of sp³-hybridized carbons (Fsp3) is 0.792. The largest absolute Gasteiger partial charge is 0.394 e. The molecule has 0 aromatic carbocycles. The Morgan fingerprint density at radius 3 is 1.23 bits per heavy atom. The van der Waals surface area contributed by atoms with Gasteiger partial charge in [0, 0.05) is 6.42 Å². The van der Waals surface area contributed by atoms with E-state index in [1.165, 1.54) is 128 Å². The van der Waals surface area contributed by atoms with E-state index in [4.69, 9.17) is 28.4 Å². The summed E-state index contributed by atoms with van der Waals surface area (Å²) < 4.78 is 34.3. The van der Waals surface area contributed by atoms with Gasteiger partial charge < -0.3 is 89.9 Å². The second-order valence-electron chi connectivity index (χ2n) is 24.9. The lowest BCUT2D eigenvalue weighted by Crippen LogP contribution is -2.66. The predicted octanol–water partition coefficient (Wildman–Crippen LogP) is 9.49. The van der Waals surface area contributed by atoms with E-state index >= 15 is 0 Å². The zero-order valence-corrected chi connectivity index (χ0v) is 55.5. The molecule has 3 saturated heterocycles. The average molecular weight is 1290 g/mol. The molecule has 3 aliphatic rings. The molecule has 17 unspecified atom stereocenters. The first-order chi connectivity index (χ1) is 44.3. The summed E-state index contributed by atoms with van der Waals surface area (Å²) in [6.45, 7) is 1.57. The molecule has 0 bridgehead atoms. The Balaban J connectivity index is 1.39. The molecule has 0 spiro atoms. The van der Waals surface area contributed by atoms with Gasteiger partial charge in [0.2, 0.25) is 5.91 Å². The number of nitrogens with one attached hydrogen (secondary N) is 1. The van der Waals surface area contributed by atoms with Crippen LogP contribution in [0.2, 0.25) is 0 Å². The van der Waals surface area contributed by atoms with Crippen LogP contribution in [-0.4, -0.2) is 193 Å². The average Bonchev–Trinajstić information content (AvgIpc) is 0.876. The van der Waals surface area contributed by atoms with Crippen molar-refractivity contribution in [2.75, 3.05) is 26.4 Å². The smallest absolute Gasteiger partial charge is 0.220 e. The van der Waals surface area contributed by atoms with Crippen molar-refractivity contribution in [2.24, 2.45) is 0 Å². The van der Waals surface area contributed by atoms with Crippen LogP contribution in [0.4, 0.5) is 0 Å². The van der Waals surface area contributed by atoms with Gasteiger partial charge in [0.1, 0.15) is 73.2 Å². The third-order valence-corrected chi connectivity index (χ3v) is 17.2. The Labute approximate surface area is 546 Å². The van der Waals surface area contributed by atoms with Crippen molar-refractivity contribution < 1.29 is 89.4 Å². The van der Waals surface area contributed by atoms with E-state index in [1.807, 2.05) is 6.08 Å². The van der Waals surface area contributed by atoms with Crippen molar-refractivity contribution in [3.8, 4) is 0 Å². The number of hydrogen-bond acceptors (Lipinski definition) is 18. The highest BCUT2D eigenvalue weighted by atomic mass is 16.8. The molecule has 1 amide bonds. The molecule has 0 saturated carbocycles. The van der Waals surface area contributed by atoms with Crippen LogP contribution in [-0.2, 0) is 33.2 Å². The minimum atomic E-state index is -1.98. The Bertz CT molecular complexity index is 1980. The standard InChI is InChI=1S/C72H125NO18/c1-3-5-7-9-11-13-15-17-19-20-21-22-23-24-25-26-27-28-29-30-31-32-33-34-36-38-40-42-44-46-48-50-60(78)73-55(56(77)49-47-45-43-41-39-37-35-18-16-14-12-10-8-6-4-2)54-86-70-66(84)63(81)68(58(52-75)88-70)91-72-67(85)64(82)69(59(53-76)89-72)90-71-65(83)62(80)61(79)57(51-74)87-71/h5,7,11,13,16-19,21-22,39,41,47,49,55-59,61-72,74-77,79-85H,3-4,6,8-10,12,14-15,20,23-38,40,42-46,48,50-54H2,1-2H3,(H,73,78)/b7-5-,13-11-,18-16+,19-17-,22-21-,41-39+,49-47+. The molecule has 0 aliphatic carbocycles. The molecule has 91 heavy (non-hydrogen) atoms. The van der Waals surface area contributed by atoms with E-state index in [0.29, 0.717) is 12.8 Å². The summed E-state index contributed by atoms with van der Waals surface area (Å²) >= 11 is 0. The maximum atomic E-state index is 13.4. The number of rotatable bonds is 53. The molecule has 19 nitrogen and oxygen atoms in total. The zero-order valence-electron chi connectivity index (χ0n) is 55.5. The number of unbranched alkanes of at least 4 members (excludes halogenated alkanes) is 25. The topological polar surface area (TPSA) is 307 Å². The van der Waals surface area contributed by atoms with Crippen LogP contribution in [0, 0.1) is 0 Å². The highest BCUT2D eigenvalue weighted by Gasteiger charge is 2.53. The summed E-state index contributed by atoms with van der Waals surface area (Å²) in [5.41, 5.74) is 0. The van der Waals surface area contributed by atoms with Crippen molar-refractivity contribution in [1.82, 2.24) is 5.32 Å². The molecule has 0 aromatic heterocycles. The predicted molar refractivity (Wildman–Crippen MR) is 355 cm³/mol. The summed E-state index contributed by atoms with van der Waals surface area (Å²) in [7, 11) is 0. The number of carbonyl (C=O) groups excluding carboxylic acids is 1. The second kappa shape index (κ2) is 53.2. The number of amides is 1. The molecular weight excluding hydrogens is 1170 g/mol. The summed E-state index contributed by atoms with van der Waals surface area (Å²) in [4.78, 5) is 13.4. The first-order valence-electron chi connectivity index (χ1n) is 35.3. The molecule has 19 heteroatoms. The van der Waals surface area contributed by atoms with Crippen molar-refractivity contribution in [1.29, 1.82) is 0 Å². The highest BCUT2D eigenvalue weighted by molar-refractivity contribution is 5.76. The number of aliphatic hydroxyl groups excluding tert-OH is 11. The Morgan fingerprint density at radius 1 is 0.407 bits per heavy atom. The molecule has 3 fully saturated rings.